The van der Waals surface area contributed by atoms with Crippen molar-refractivity contribution in [2.45, 2.75) is 33.1 Å². The molecule has 0 unspecified atom stereocenters. The number of hydrogen-bond acceptors (Lipinski definition) is 3. The number of carbonyl (C=O) groups excluding carboxylic acids is 1. The Morgan fingerprint density at radius 2 is 1.75 bits per heavy atom. The van der Waals surface area contributed by atoms with Gasteiger partial charge in [0, 0.05) is 10.8 Å². The van der Waals surface area contributed by atoms with Crippen molar-refractivity contribution in [2.75, 3.05) is 6.61 Å². The van der Waals surface area contributed by atoms with E-state index < -0.39 is 6.16 Å². The molecular formula is C21H22O3. The lowest BCUT2D eigenvalue weighted by Crippen LogP contribution is -2.12. The fourth-order valence-corrected chi connectivity index (χ4v) is 2.82. The SMILES string of the molecule is CCCCOC(=O)Oc1c2ccccc2cc2cc(CC)ccc12. The summed E-state index contributed by atoms with van der Waals surface area (Å²) in [6.45, 7) is 4.57. The van der Waals surface area contributed by atoms with Gasteiger partial charge in [0.15, 0.2) is 0 Å². The Morgan fingerprint density at radius 3 is 2.54 bits per heavy atom. The van der Waals surface area contributed by atoms with Crippen LogP contribution < -0.4 is 4.74 Å². The average molecular weight is 322 g/mol. The summed E-state index contributed by atoms with van der Waals surface area (Å²) >= 11 is 0. The summed E-state index contributed by atoms with van der Waals surface area (Å²) in [6.07, 6.45) is 2.15. The zero-order valence-corrected chi connectivity index (χ0v) is 14.2. The molecule has 0 heterocycles. The molecule has 0 amide bonds. The van der Waals surface area contributed by atoms with Crippen molar-refractivity contribution in [2.24, 2.45) is 0 Å². The molecule has 24 heavy (non-hydrogen) atoms. The van der Waals surface area contributed by atoms with Crippen LogP contribution in [0.3, 0.4) is 0 Å². The summed E-state index contributed by atoms with van der Waals surface area (Å²) in [5.41, 5.74) is 1.26. The maximum atomic E-state index is 12.1. The van der Waals surface area contributed by atoms with Crippen molar-refractivity contribution in [3.05, 3.63) is 54.1 Å². The molecule has 0 saturated heterocycles. The average Bonchev–Trinajstić information content (AvgIpc) is 2.61. The second kappa shape index (κ2) is 7.35. The van der Waals surface area contributed by atoms with Crippen molar-refractivity contribution < 1.29 is 14.3 Å². The molecule has 3 heteroatoms. The molecule has 0 fully saturated rings. The van der Waals surface area contributed by atoms with Gasteiger partial charge in [0.05, 0.1) is 6.61 Å². The van der Waals surface area contributed by atoms with Gasteiger partial charge in [0.2, 0.25) is 0 Å². The van der Waals surface area contributed by atoms with E-state index in [9.17, 15) is 4.79 Å². The van der Waals surface area contributed by atoms with Gasteiger partial charge < -0.3 is 9.47 Å². The molecule has 3 rings (SSSR count). The van der Waals surface area contributed by atoms with Crippen LogP contribution in [0.4, 0.5) is 4.79 Å². The number of hydrogen-bond donors (Lipinski definition) is 0. The Morgan fingerprint density at radius 1 is 0.958 bits per heavy atom. The number of benzene rings is 3. The first-order valence-electron chi connectivity index (χ1n) is 8.52. The normalized spacial score (nSPS) is 10.9. The predicted octanol–water partition coefficient (Wildman–Crippen LogP) is 5.87. The van der Waals surface area contributed by atoms with Crippen LogP contribution in [0, 0.1) is 0 Å². The van der Waals surface area contributed by atoms with E-state index in [1.807, 2.05) is 30.3 Å². The van der Waals surface area contributed by atoms with E-state index in [4.69, 9.17) is 9.47 Å². The van der Waals surface area contributed by atoms with Crippen LogP contribution in [-0.4, -0.2) is 12.8 Å². The predicted molar refractivity (Wildman–Crippen MR) is 97.7 cm³/mol. The molecule has 0 aliphatic carbocycles. The number of ether oxygens (including phenoxy) is 2. The topological polar surface area (TPSA) is 35.5 Å². The molecule has 0 spiro atoms. The van der Waals surface area contributed by atoms with Gasteiger partial charge in [-0.15, -0.1) is 0 Å². The van der Waals surface area contributed by atoms with Crippen LogP contribution >= 0.6 is 0 Å². The van der Waals surface area contributed by atoms with Crippen LogP contribution in [0.1, 0.15) is 32.3 Å². The van der Waals surface area contributed by atoms with Crippen LogP contribution in [0.5, 0.6) is 5.75 Å². The van der Waals surface area contributed by atoms with Crippen molar-refractivity contribution in [1.82, 2.24) is 0 Å². The van der Waals surface area contributed by atoms with Crippen LogP contribution in [0.15, 0.2) is 48.5 Å². The molecule has 0 N–H and O–H groups in total. The first kappa shape index (κ1) is 16.3. The van der Waals surface area contributed by atoms with Gasteiger partial charge in [-0.1, -0.05) is 62.7 Å². The van der Waals surface area contributed by atoms with E-state index in [1.165, 1.54) is 5.56 Å². The lowest BCUT2D eigenvalue weighted by atomic mass is 9.99. The first-order valence-corrected chi connectivity index (χ1v) is 8.52. The van der Waals surface area contributed by atoms with Crippen molar-refractivity contribution in [3.8, 4) is 5.75 Å². The van der Waals surface area contributed by atoms with Gasteiger partial charge in [-0.05, 0) is 35.2 Å². The van der Waals surface area contributed by atoms with E-state index in [2.05, 4.69) is 32.0 Å². The number of rotatable bonds is 5. The number of carbonyl (C=O) groups is 1. The molecule has 0 saturated carbocycles. The van der Waals surface area contributed by atoms with E-state index in [-0.39, 0.29) is 0 Å². The number of unbranched alkanes of at least 4 members (excludes halogenated alkanes) is 1. The Labute approximate surface area is 142 Å². The molecule has 0 aromatic heterocycles. The van der Waals surface area contributed by atoms with E-state index in [0.717, 1.165) is 40.8 Å². The van der Waals surface area contributed by atoms with Gasteiger partial charge in [0.1, 0.15) is 5.75 Å². The van der Waals surface area contributed by atoms with Gasteiger partial charge in [0.25, 0.3) is 0 Å². The van der Waals surface area contributed by atoms with Crippen molar-refractivity contribution in [1.29, 1.82) is 0 Å². The van der Waals surface area contributed by atoms with Gasteiger partial charge >= 0.3 is 6.16 Å². The number of aryl methyl sites for hydroxylation is 1. The van der Waals surface area contributed by atoms with Gasteiger partial charge in [-0.25, -0.2) is 4.79 Å². The Kier molecular flexibility index (Phi) is 4.99. The largest absolute Gasteiger partial charge is 0.513 e. The Bertz CT molecular complexity index is 867. The first-order chi connectivity index (χ1) is 11.7. The summed E-state index contributed by atoms with van der Waals surface area (Å²) < 4.78 is 10.8. The highest BCUT2D eigenvalue weighted by atomic mass is 16.7. The molecule has 0 radical (unpaired) electrons. The fourth-order valence-electron chi connectivity index (χ4n) is 2.82. The molecule has 3 aromatic rings. The van der Waals surface area contributed by atoms with Crippen LogP contribution in [-0.2, 0) is 11.2 Å². The lowest BCUT2D eigenvalue weighted by Gasteiger charge is -2.12. The Balaban J connectivity index is 2.06. The number of fused-ring (bicyclic) bond motifs is 2. The van der Waals surface area contributed by atoms with Crippen molar-refractivity contribution >= 4 is 27.7 Å². The molecule has 0 aliphatic rings. The molecule has 0 aliphatic heterocycles. The van der Waals surface area contributed by atoms with Gasteiger partial charge in [-0.3, -0.25) is 0 Å². The third kappa shape index (κ3) is 3.35. The highest BCUT2D eigenvalue weighted by Gasteiger charge is 2.14. The standard InChI is InChI=1S/C21H22O3/c1-3-5-12-23-21(22)24-20-18-9-7-6-8-16(18)14-17-13-15(4-2)10-11-19(17)20/h6-11,13-14H,3-5,12H2,1-2H3. The fraction of sp³-hybridized carbons (Fsp3) is 0.286. The zero-order chi connectivity index (χ0) is 16.9. The quantitative estimate of drug-likeness (QED) is 0.255. The molecule has 3 aromatic carbocycles. The monoisotopic (exact) mass is 322 g/mol. The third-order valence-corrected chi connectivity index (χ3v) is 4.19. The minimum Gasteiger partial charge on any atom is -0.434 e. The molecule has 0 atom stereocenters. The lowest BCUT2D eigenvalue weighted by molar-refractivity contribution is 0.0988. The second-order valence-electron chi connectivity index (χ2n) is 5.89. The molecular weight excluding hydrogens is 300 g/mol. The van der Waals surface area contributed by atoms with Crippen LogP contribution in [0.2, 0.25) is 0 Å². The molecule has 124 valence electrons. The van der Waals surface area contributed by atoms with Gasteiger partial charge in [-0.2, -0.15) is 0 Å². The second-order valence-corrected chi connectivity index (χ2v) is 5.89. The maximum absolute atomic E-state index is 12.1. The summed E-state index contributed by atoms with van der Waals surface area (Å²) in [5.74, 6) is 0.576. The summed E-state index contributed by atoms with van der Waals surface area (Å²) in [6, 6.07) is 16.3. The summed E-state index contributed by atoms with van der Waals surface area (Å²) in [7, 11) is 0. The zero-order valence-electron chi connectivity index (χ0n) is 14.2. The highest BCUT2D eigenvalue weighted by Crippen LogP contribution is 2.35. The van der Waals surface area contributed by atoms with E-state index in [1.54, 1.807) is 0 Å². The highest BCUT2D eigenvalue weighted by molar-refractivity contribution is 6.06. The van der Waals surface area contributed by atoms with Crippen molar-refractivity contribution in [3.63, 3.8) is 0 Å². The summed E-state index contributed by atoms with van der Waals surface area (Å²) in [5, 5.41) is 3.97. The smallest absolute Gasteiger partial charge is 0.434 e. The van der Waals surface area contributed by atoms with E-state index >= 15 is 0 Å². The van der Waals surface area contributed by atoms with Crippen LogP contribution in [0.25, 0.3) is 21.5 Å². The molecule has 0 bridgehead atoms. The minimum absolute atomic E-state index is 0.387. The summed E-state index contributed by atoms with van der Waals surface area (Å²) in [4.78, 5) is 12.1. The Hall–Kier alpha value is -2.55. The maximum Gasteiger partial charge on any atom is 0.513 e. The third-order valence-electron chi connectivity index (χ3n) is 4.19. The van der Waals surface area contributed by atoms with E-state index in [0.29, 0.717) is 12.4 Å². The molecule has 3 nitrogen and oxygen atoms in total. The minimum atomic E-state index is -0.638.